The van der Waals surface area contributed by atoms with E-state index in [1.165, 1.54) is 25.7 Å². The number of piperidine rings is 1. The fourth-order valence-electron chi connectivity index (χ4n) is 3.22. The van der Waals surface area contributed by atoms with E-state index in [2.05, 4.69) is 39.0 Å². The summed E-state index contributed by atoms with van der Waals surface area (Å²) in [5.41, 5.74) is 2.58. The summed E-state index contributed by atoms with van der Waals surface area (Å²) < 4.78 is 0. The summed E-state index contributed by atoms with van der Waals surface area (Å²) in [5.74, 6) is 8.14. The van der Waals surface area contributed by atoms with Gasteiger partial charge in [0.05, 0.1) is 0 Å². The van der Waals surface area contributed by atoms with Crippen molar-refractivity contribution in [3.63, 3.8) is 0 Å². The highest BCUT2D eigenvalue weighted by atomic mass is 15.4. The fraction of sp³-hybridized carbons (Fsp3) is 0.786. The Morgan fingerprint density at radius 2 is 1.71 bits per heavy atom. The van der Waals surface area contributed by atoms with E-state index in [4.69, 9.17) is 10.8 Å². The van der Waals surface area contributed by atoms with E-state index >= 15 is 0 Å². The van der Waals surface area contributed by atoms with Crippen molar-refractivity contribution in [3.05, 3.63) is 0 Å². The van der Waals surface area contributed by atoms with Crippen LogP contribution in [0.2, 0.25) is 0 Å². The number of nitrogen functional groups attached to an aromatic ring is 1. The van der Waals surface area contributed by atoms with Gasteiger partial charge in [-0.3, -0.25) is 5.43 Å². The van der Waals surface area contributed by atoms with Gasteiger partial charge >= 0.3 is 0 Å². The van der Waals surface area contributed by atoms with Crippen LogP contribution in [0.25, 0.3) is 0 Å². The zero-order chi connectivity index (χ0) is 14.8. The number of hydrogen-bond donors (Lipinski definition) is 2. The molecule has 7 heteroatoms. The first kappa shape index (κ1) is 14.3. The standard InChI is InChI=1S/C14H25N7/c1-10-6-5-9-21(11(10)2)14-17-12(19-15)16-13(18-14)20-7-3-4-8-20/h10-11H,3-9,15H2,1-2H3,(H,16,17,18,19). The Morgan fingerprint density at radius 1 is 1.00 bits per heavy atom. The summed E-state index contributed by atoms with van der Waals surface area (Å²) in [7, 11) is 0. The number of anilines is 3. The van der Waals surface area contributed by atoms with Gasteiger partial charge in [-0.1, -0.05) is 6.92 Å². The van der Waals surface area contributed by atoms with Crippen LogP contribution in [0.15, 0.2) is 0 Å². The maximum Gasteiger partial charge on any atom is 0.243 e. The highest BCUT2D eigenvalue weighted by Gasteiger charge is 2.28. The van der Waals surface area contributed by atoms with Gasteiger partial charge in [-0.05, 0) is 38.5 Å². The van der Waals surface area contributed by atoms with Gasteiger partial charge in [-0.25, -0.2) is 5.84 Å². The fourth-order valence-corrected chi connectivity index (χ4v) is 3.22. The minimum atomic E-state index is 0.443. The molecule has 3 rings (SSSR count). The van der Waals surface area contributed by atoms with Crippen LogP contribution < -0.4 is 21.1 Å². The first-order chi connectivity index (χ1) is 10.2. The molecule has 0 radical (unpaired) electrons. The molecule has 2 fully saturated rings. The number of nitrogens with one attached hydrogen (secondary N) is 1. The van der Waals surface area contributed by atoms with Crippen LogP contribution in [0, 0.1) is 5.92 Å². The largest absolute Gasteiger partial charge is 0.341 e. The Morgan fingerprint density at radius 3 is 2.43 bits per heavy atom. The van der Waals surface area contributed by atoms with Crippen molar-refractivity contribution in [2.45, 2.75) is 45.6 Å². The number of aromatic nitrogens is 3. The molecule has 2 atom stereocenters. The Hall–Kier alpha value is -1.63. The van der Waals surface area contributed by atoms with E-state index in [0.717, 1.165) is 31.5 Å². The Labute approximate surface area is 125 Å². The molecule has 0 aliphatic carbocycles. The van der Waals surface area contributed by atoms with E-state index in [1.54, 1.807) is 0 Å². The van der Waals surface area contributed by atoms with Crippen molar-refractivity contribution in [1.29, 1.82) is 0 Å². The van der Waals surface area contributed by atoms with Crippen molar-refractivity contribution >= 4 is 17.8 Å². The molecule has 116 valence electrons. The molecule has 2 unspecified atom stereocenters. The lowest BCUT2D eigenvalue weighted by Gasteiger charge is -2.38. The van der Waals surface area contributed by atoms with Gasteiger partial charge in [0.1, 0.15) is 0 Å². The second-order valence-corrected chi connectivity index (χ2v) is 6.15. The number of nitrogens with two attached hydrogens (primary N) is 1. The van der Waals surface area contributed by atoms with Crippen LogP contribution in [0.4, 0.5) is 17.8 Å². The molecule has 1 aromatic rings. The first-order valence-corrected chi connectivity index (χ1v) is 7.93. The minimum Gasteiger partial charge on any atom is -0.341 e. The first-order valence-electron chi connectivity index (χ1n) is 7.93. The van der Waals surface area contributed by atoms with E-state index in [-0.39, 0.29) is 0 Å². The topological polar surface area (TPSA) is 83.2 Å². The molecule has 3 heterocycles. The molecule has 3 N–H and O–H groups in total. The van der Waals surface area contributed by atoms with Gasteiger partial charge in [0.2, 0.25) is 17.8 Å². The maximum atomic E-state index is 5.54. The molecular weight excluding hydrogens is 266 g/mol. The van der Waals surface area contributed by atoms with Crippen LogP contribution in [0.3, 0.4) is 0 Å². The van der Waals surface area contributed by atoms with Crippen LogP contribution in [-0.2, 0) is 0 Å². The van der Waals surface area contributed by atoms with Crippen molar-refractivity contribution in [1.82, 2.24) is 15.0 Å². The third-order valence-electron chi connectivity index (χ3n) is 4.76. The van der Waals surface area contributed by atoms with E-state index in [1.807, 2.05) is 0 Å². The van der Waals surface area contributed by atoms with Crippen molar-refractivity contribution in [3.8, 4) is 0 Å². The summed E-state index contributed by atoms with van der Waals surface area (Å²) in [6.07, 6.45) is 4.85. The van der Waals surface area contributed by atoms with Crippen LogP contribution >= 0.6 is 0 Å². The van der Waals surface area contributed by atoms with Crippen molar-refractivity contribution in [2.75, 3.05) is 34.9 Å². The Bertz CT molecular complexity index is 486. The summed E-state index contributed by atoms with van der Waals surface area (Å²) in [5, 5.41) is 0. The maximum absolute atomic E-state index is 5.54. The zero-order valence-electron chi connectivity index (χ0n) is 12.9. The van der Waals surface area contributed by atoms with Crippen LogP contribution in [0.1, 0.15) is 39.5 Å². The quantitative estimate of drug-likeness (QED) is 0.643. The van der Waals surface area contributed by atoms with Crippen molar-refractivity contribution in [2.24, 2.45) is 11.8 Å². The molecule has 2 aliphatic heterocycles. The van der Waals surface area contributed by atoms with Crippen molar-refractivity contribution < 1.29 is 0 Å². The van der Waals surface area contributed by atoms with Gasteiger partial charge in [-0.2, -0.15) is 15.0 Å². The summed E-state index contributed by atoms with van der Waals surface area (Å²) in [4.78, 5) is 18.1. The van der Waals surface area contributed by atoms with Gasteiger partial charge in [-0.15, -0.1) is 0 Å². The number of hydrazine groups is 1. The molecule has 7 nitrogen and oxygen atoms in total. The highest BCUT2D eigenvalue weighted by molar-refractivity contribution is 5.46. The lowest BCUT2D eigenvalue weighted by molar-refractivity contribution is 0.359. The molecule has 0 saturated carbocycles. The zero-order valence-corrected chi connectivity index (χ0v) is 12.9. The molecule has 21 heavy (non-hydrogen) atoms. The van der Waals surface area contributed by atoms with Crippen LogP contribution in [0.5, 0.6) is 0 Å². The predicted molar refractivity (Wildman–Crippen MR) is 84.3 cm³/mol. The third kappa shape index (κ3) is 2.88. The summed E-state index contributed by atoms with van der Waals surface area (Å²) in [6, 6.07) is 0.443. The predicted octanol–water partition coefficient (Wildman–Crippen LogP) is 1.38. The summed E-state index contributed by atoms with van der Waals surface area (Å²) >= 11 is 0. The Kier molecular flexibility index (Phi) is 4.10. The molecule has 0 amide bonds. The minimum absolute atomic E-state index is 0.443. The molecule has 0 bridgehead atoms. The summed E-state index contributed by atoms with van der Waals surface area (Å²) in [6.45, 7) is 7.57. The van der Waals surface area contributed by atoms with E-state index in [9.17, 15) is 0 Å². The smallest absolute Gasteiger partial charge is 0.243 e. The van der Waals surface area contributed by atoms with Gasteiger partial charge < -0.3 is 9.80 Å². The lowest BCUT2D eigenvalue weighted by Crippen LogP contribution is -2.43. The van der Waals surface area contributed by atoms with Crippen LogP contribution in [-0.4, -0.2) is 40.6 Å². The molecule has 2 aliphatic rings. The SMILES string of the molecule is CC1CCCN(c2nc(NN)nc(N3CCCC3)n2)C1C. The molecular formula is C14H25N7. The third-order valence-corrected chi connectivity index (χ3v) is 4.76. The monoisotopic (exact) mass is 291 g/mol. The number of rotatable bonds is 3. The van der Waals surface area contributed by atoms with Gasteiger partial charge in [0.15, 0.2) is 0 Å². The normalized spacial score (nSPS) is 26.2. The average molecular weight is 291 g/mol. The number of nitrogens with zero attached hydrogens (tertiary/aromatic N) is 5. The van der Waals surface area contributed by atoms with E-state index in [0.29, 0.717) is 17.9 Å². The second-order valence-electron chi connectivity index (χ2n) is 6.15. The van der Waals surface area contributed by atoms with Gasteiger partial charge in [0.25, 0.3) is 0 Å². The molecule has 1 aromatic heterocycles. The van der Waals surface area contributed by atoms with Gasteiger partial charge in [0, 0.05) is 25.7 Å². The second kappa shape index (κ2) is 6.01. The lowest BCUT2D eigenvalue weighted by atomic mass is 9.92. The average Bonchev–Trinajstić information content (AvgIpc) is 3.04. The van der Waals surface area contributed by atoms with E-state index < -0.39 is 0 Å². The number of hydrogen-bond acceptors (Lipinski definition) is 7. The molecule has 0 spiro atoms. The Balaban J connectivity index is 1.91. The molecule has 0 aromatic carbocycles. The molecule has 2 saturated heterocycles. The highest BCUT2D eigenvalue weighted by Crippen LogP contribution is 2.28.